The molecule has 0 aliphatic carbocycles. The van der Waals surface area contributed by atoms with Crippen LogP contribution in [0.5, 0.6) is 5.75 Å². The highest BCUT2D eigenvalue weighted by atomic mass is 16.5. The van der Waals surface area contributed by atoms with Crippen LogP contribution < -0.4 is 4.74 Å². The van der Waals surface area contributed by atoms with Crippen molar-refractivity contribution in [1.82, 2.24) is 20.1 Å². The normalized spacial score (nSPS) is 19.2. The smallest absolute Gasteiger partial charge is 0.153 e. The third-order valence-corrected chi connectivity index (χ3v) is 4.27. The minimum atomic E-state index is 0.369. The van der Waals surface area contributed by atoms with Gasteiger partial charge in [-0.3, -0.25) is 10.00 Å². The second-order valence-electron chi connectivity index (χ2n) is 6.66. The predicted octanol–water partition coefficient (Wildman–Crippen LogP) is 3.22. The Kier molecular flexibility index (Phi) is 5.28. The number of benzene rings is 1. The maximum atomic E-state index is 5.92. The molecule has 1 fully saturated rings. The Hall–Kier alpha value is -1.88. The van der Waals surface area contributed by atoms with Gasteiger partial charge in [0.25, 0.3) is 0 Å². The summed E-state index contributed by atoms with van der Waals surface area (Å²) in [6.07, 6.45) is 2.45. The molecule has 0 bridgehead atoms. The molecule has 1 atom stereocenters. The summed E-state index contributed by atoms with van der Waals surface area (Å²) in [5, 5.41) is 7.36. The standard InChI is InChI=1S/C18H26N4O/c1-14(2)18-19-17(20-21-18)12-22-10-6-7-15(11-22)13-23-16-8-4-3-5-9-16/h3-5,8-9,14-15H,6-7,10-13H2,1-2H3,(H,19,20,21). The maximum Gasteiger partial charge on any atom is 0.153 e. The first kappa shape index (κ1) is 16.0. The van der Waals surface area contributed by atoms with Gasteiger partial charge in [0.15, 0.2) is 5.82 Å². The van der Waals surface area contributed by atoms with Crippen molar-refractivity contribution in [2.24, 2.45) is 5.92 Å². The highest BCUT2D eigenvalue weighted by Gasteiger charge is 2.21. The fraction of sp³-hybridized carbons (Fsp3) is 0.556. The van der Waals surface area contributed by atoms with E-state index in [0.29, 0.717) is 11.8 Å². The first-order chi connectivity index (χ1) is 11.2. The zero-order valence-electron chi connectivity index (χ0n) is 14.0. The van der Waals surface area contributed by atoms with E-state index in [0.717, 1.165) is 43.6 Å². The van der Waals surface area contributed by atoms with Gasteiger partial charge in [-0.25, -0.2) is 4.98 Å². The number of H-pyrrole nitrogens is 1. The van der Waals surface area contributed by atoms with Crippen molar-refractivity contribution in [2.45, 2.75) is 39.2 Å². The van der Waals surface area contributed by atoms with Crippen LogP contribution >= 0.6 is 0 Å². The van der Waals surface area contributed by atoms with Gasteiger partial charge in [0.1, 0.15) is 11.6 Å². The van der Waals surface area contributed by atoms with Crippen LogP contribution in [0, 0.1) is 5.92 Å². The van der Waals surface area contributed by atoms with Crippen molar-refractivity contribution in [1.29, 1.82) is 0 Å². The lowest BCUT2D eigenvalue weighted by atomic mass is 9.99. The Morgan fingerprint density at radius 3 is 2.87 bits per heavy atom. The molecule has 1 aliphatic heterocycles. The molecule has 1 N–H and O–H groups in total. The molecule has 0 saturated carbocycles. The van der Waals surface area contributed by atoms with Crippen molar-refractivity contribution >= 4 is 0 Å². The summed E-state index contributed by atoms with van der Waals surface area (Å²) in [6.45, 7) is 8.05. The number of nitrogens with one attached hydrogen (secondary N) is 1. The Morgan fingerprint density at radius 2 is 2.13 bits per heavy atom. The van der Waals surface area contributed by atoms with E-state index in [-0.39, 0.29) is 0 Å². The second-order valence-corrected chi connectivity index (χ2v) is 6.66. The van der Waals surface area contributed by atoms with E-state index in [2.05, 4.69) is 33.9 Å². The zero-order chi connectivity index (χ0) is 16.1. The number of piperidine rings is 1. The van der Waals surface area contributed by atoms with Crippen LogP contribution in [0.2, 0.25) is 0 Å². The molecule has 1 aliphatic rings. The highest BCUT2D eigenvalue weighted by molar-refractivity contribution is 5.20. The van der Waals surface area contributed by atoms with Crippen LogP contribution in [0.1, 0.15) is 44.3 Å². The average Bonchev–Trinajstić information content (AvgIpc) is 3.03. The van der Waals surface area contributed by atoms with Gasteiger partial charge in [0.05, 0.1) is 13.2 Å². The summed E-state index contributed by atoms with van der Waals surface area (Å²) in [4.78, 5) is 7.03. The molecule has 0 spiro atoms. The van der Waals surface area contributed by atoms with E-state index in [9.17, 15) is 0 Å². The molecule has 2 heterocycles. The number of hydrogen-bond acceptors (Lipinski definition) is 4. The molecule has 124 valence electrons. The van der Waals surface area contributed by atoms with Gasteiger partial charge in [-0.1, -0.05) is 32.0 Å². The Balaban J connectivity index is 1.49. The van der Waals surface area contributed by atoms with Crippen LogP contribution in [-0.2, 0) is 6.54 Å². The minimum Gasteiger partial charge on any atom is -0.493 e. The molecule has 1 saturated heterocycles. The van der Waals surface area contributed by atoms with Crippen LogP contribution in [0.25, 0.3) is 0 Å². The minimum absolute atomic E-state index is 0.369. The number of likely N-dealkylation sites (tertiary alicyclic amines) is 1. The van der Waals surface area contributed by atoms with E-state index >= 15 is 0 Å². The van der Waals surface area contributed by atoms with Crippen LogP contribution in [0.4, 0.5) is 0 Å². The van der Waals surface area contributed by atoms with E-state index < -0.39 is 0 Å². The molecule has 1 aromatic carbocycles. The number of hydrogen-bond donors (Lipinski definition) is 1. The van der Waals surface area contributed by atoms with Crippen molar-refractivity contribution in [2.75, 3.05) is 19.7 Å². The van der Waals surface area contributed by atoms with Crippen LogP contribution in [0.3, 0.4) is 0 Å². The largest absolute Gasteiger partial charge is 0.493 e. The van der Waals surface area contributed by atoms with Gasteiger partial charge in [0, 0.05) is 18.4 Å². The van der Waals surface area contributed by atoms with E-state index in [1.165, 1.54) is 12.8 Å². The van der Waals surface area contributed by atoms with Crippen LogP contribution in [0.15, 0.2) is 30.3 Å². The second kappa shape index (κ2) is 7.59. The van der Waals surface area contributed by atoms with Crippen LogP contribution in [-0.4, -0.2) is 39.8 Å². The monoisotopic (exact) mass is 314 g/mol. The predicted molar refractivity (Wildman–Crippen MR) is 90.4 cm³/mol. The molecule has 0 amide bonds. The van der Waals surface area contributed by atoms with Gasteiger partial charge in [-0.15, -0.1) is 0 Å². The summed E-state index contributed by atoms with van der Waals surface area (Å²) in [5.41, 5.74) is 0. The first-order valence-electron chi connectivity index (χ1n) is 8.52. The van der Waals surface area contributed by atoms with Gasteiger partial charge < -0.3 is 4.74 Å². The number of nitrogens with zero attached hydrogens (tertiary/aromatic N) is 3. The van der Waals surface area contributed by atoms with Crippen molar-refractivity contribution in [3.8, 4) is 5.75 Å². The summed E-state index contributed by atoms with van der Waals surface area (Å²) in [5.74, 6) is 3.78. The zero-order valence-corrected chi connectivity index (χ0v) is 14.0. The SMILES string of the molecule is CC(C)c1n[nH]c(CN2CCCC(COc3ccccc3)C2)n1. The van der Waals surface area contributed by atoms with E-state index in [1.807, 2.05) is 30.3 Å². The van der Waals surface area contributed by atoms with Gasteiger partial charge in [0.2, 0.25) is 0 Å². The van der Waals surface area contributed by atoms with Gasteiger partial charge in [-0.05, 0) is 31.5 Å². The van der Waals surface area contributed by atoms with Crippen molar-refractivity contribution in [3.63, 3.8) is 0 Å². The lowest BCUT2D eigenvalue weighted by Gasteiger charge is -2.31. The fourth-order valence-electron chi connectivity index (χ4n) is 3.01. The number of para-hydroxylation sites is 1. The molecule has 3 rings (SSSR count). The van der Waals surface area contributed by atoms with Crippen molar-refractivity contribution in [3.05, 3.63) is 42.0 Å². The van der Waals surface area contributed by atoms with E-state index in [4.69, 9.17) is 4.74 Å². The number of aromatic nitrogens is 3. The molecule has 1 aromatic heterocycles. The molecule has 0 radical (unpaired) electrons. The molecule has 5 nitrogen and oxygen atoms in total. The topological polar surface area (TPSA) is 54.0 Å². The Labute approximate surface area is 138 Å². The molecule has 1 unspecified atom stereocenters. The third-order valence-electron chi connectivity index (χ3n) is 4.27. The van der Waals surface area contributed by atoms with Crippen molar-refractivity contribution < 1.29 is 4.74 Å². The number of rotatable bonds is 6. The molecule has 2 aromatic rings. The average molecular weight is 314 g/mol. The molecule has 5 heteroatoms. The quantitative estimate of drug-likeness (QED) is 0.889. The molecular formula is C18H26N4O. The summed E-state index contributed by atoms with van der Waals surface area (Å²) >= 11 is 0. The van der Waals surface area contributed by atoms with Gasteiger partial charge >= 0.3 is 0 Å². The number of aromatic amines is 1. The maximum absolute atomic E-state index is 5.92. The Bertz CT molecular complexity index is 596. The summed E-state index contributed by atoms with van der Waals surface area (Å²) in [6, 6.07) is 10.1. The highest BCUT2D eigenvalue weighted by Crippen LogP contribution is 2.20. The third kappa shape index (κ3) is 4.55. The Morgan fingerprint density at radius 1 is 1.30 bits per heavy atom. The lowest BCUT2D eigenvalue weighted by molar-refractivity contribution is 0.123. The summed E-state index contributed by atoms with van der Waals surface area (Å²) in [7, 11) is 0. The number of ether oxygens (including phenoxy) is 1. The summed E-state index contributed by atoms with van der Waals surface area (Å²) < 4.78 is 5.92. The molecule has 23 heavy (non-hydrogen) atoms. The molecular weight excluding hydrogens is 288 g/mol. The van der Waals surface area contributed by atoms with Gasteiger partial charge in [-0.2, -0.15) is 5.10 Å². The first-order valence-corrected chi connectivity index (χ1v) is 8.52. The lowest BCUT2D eigenvalue weighted by Crippen LogP contribution is -2.37. The fourth-order valence-corrected chi connectivity index (χ4v) is 3.01. The van der Waals surface area contributed by atoms with E-state index in [1.54, 1.807) is 0 Å².